The van der Waals surface area contributed by atoms with Crippen LogP contribution in [0, 0.1) is 5.92 Å². The second-order valence-electron chi connectivity index (χ2n) is 7.34. The number of carbonyl (C=O) groups excluding carboxylic acids is 1. The Morgan fingerprint density at radius 3 is 2.62 bits per heavy atom. The van der Waals surface area contributed by atoms with Crippen LogP contribution in [-0.2, 0) is 4.74 Å². The van der Waals surface area contributed by atoms with E-state index < -0.39 is 5.60 Å². The Bertz CT molecular complexity index is 410. The fourth-order valence-corrected chi connectivity index (χ4v) is 2.50. The summed E-state index contributed by atoms with van der Waals surface area (Å²) in [6.07, 6.45) is 2.98. The van der Waals surface area contributed by atoms with E-state index >= 15 is 0 Å². The zero-order valence-corrected chi connectivity index (χ0v) is 18.3. The van der Waals surface area contributed by atoms with Gasteiger partial charge in [-0.2, -0.15) is 0 Å². The molecule has 0 aromatic carbocycles. The predicted octanol–water partition coefficient (Wildman–Crippen LogP) is 3.22. The lowest BCUT2D eigenvalue weighted by Crippen LogP contribution is -2.48. The summed E-state index contributed by atoms with van der Waals surface area (Å²) in [5.74, 6) is 1.25. The molecule has 7 heteroatoms. The van der Waals surface area contributed by atoms with E-state index in [1.165, 1.54) is 0 Å². The Morgan fingerprint density at radius 1 is 1.42 bits per heavy atom. The molecular weight excluding hydrogens is 419 g/mol. The molecule has 0 bridgehead atoms. The summed E-state index contributed by atoms with van der Waals surface area (Å²) in [7, 11) is 1.78. The van der Waals surface area contributed by atoms with Gasteiger partial charge in [-0.25, -0.2) is 4.79 Å². The topological polar surface area (TPSA) is 66.0 Å². The first-order valence-electron chi connectivity index (χ1n) is 8.70. The number of nitrogens with one attached hydrogen (secondary N) is 2. The van der Waals surface area contributed by atoms with E-state index in [0.29, 0.717) is 12.0 Å². The number of aliphatic imine (C=N–C) groups is 1. The summed E-state index contributed by atoms with van der Waals surface area (Å²) in [4.78, 5) is 18.3. The Labute approximate surface area is 164 Å². The van der Waals surface area contributed by atoms with Crippen molar-refractivity contribution in [3.63, 3.8) is 0 Å². The molecular formula is C17H35IN4O2. The number of likely N-dealkylation sites (tertiary alicyclic amines) is 1. The second-order valence-corrected chi connectivity index (χ2v) is 7.34. The average molecular weight is 454 g/mol. The number of rotatable bonds is 4. The summed E-state index contributed by atoms with van der Waals surface area (Å²) in [5, 5.41) is 6.73. The smallest absolute Gasteiger partial charge is 0.410 e. The van der Waals surface area contributed by atoms with Gasteiger partial charge >= 0.3 is 6.09 Å². The number of carbonyl (C=O) groups is 1. The van der Waals surface area contributed by atoms with Crippen LogP contribution >= 0.6 is 24.0 Å². The van der Waals surface area contributed by atoms with Crippen molar-refractivity contribution in [2.75, 3.05) is 26.7 Å². The minimum atomic E-state index is -0.440. The van der Waals surface area contributed by atoms with Gasteiger partial charge in [0.05, 0.1) is 0 Å². The molecule has 0 aliphatic carbocycles. The molecule has 2 N–H and O–H groups in total. The lowest BCUT2D eigenvalue weighted by molar-refractivity contribution is 0.0168. The minimum Gasteiger partial charge on any atom is -0.444 e. The van der Waals surface area contributed by atoms with E-state index in [0.717, 1.165) is 44.9 Å². The normalized spacial score (nSPS) is 20.0. The number of hydrogen-bond acceptors (Lipinski definition) is 3. The van der Waals surface area contributed by atoms with Gasteiger partial charge in [0.25, 0.3) is 0 Å². The first-order valence-corrected chi connectivity index (χ1v) is 8.70. The standard InChI is InChI=1S/C17H34N4O2.HI/c1-7-13(2)20-15(18-6)19-11-14-9-8-10-21(12-14)16(22)23-17(3,4)5;/h13-14H,7-12H2,1-6H3,(H2,18,19,20);1H. The maximum atomic E-state index is 12.2. The Kier molecular flexibility index (Phi) is 10.7. The van der Waals surface area contributed by atoms with Crippen molar-refractivity contribution >= 4 is 36.0 Å². The maximum Gasteiger partial charge on any atom is 0.410 e. The van der Waals surface area contributed by atoms with Crippen molar-refractivity contribution < 1.29 is 9.53 Å². The van der Waals surface area contributed by atoms with E-state index in [2.05, 4.69) is 29.5 Å². The molecule has 24 heavy (non-hydrogen) atoms. The van der Waals surface area contributed by atoms with Crippen LogP contribution in [0.25, 0.3) is 0 Å². The maximum absolute atomic E-state index is 12.2. The molecule has 1 amide bonds. The van der Waals surface area contributed by atoms with Gasteiger partial charge in [0.2, 0.25) is 0 Å². The third kappa shape index (κ3) is 8.94. The third-order valence-electron chi connectivity index (χ3n) is 3.95. The van der Waals surface area contributed by atoms with Gasteiger partial charge in [0, 0.05) is 32.7 Å². The molecule has 1 heterocycles. The highest BCUT2D eigenvalue weighted by Crippen LogP contribution is 2.18. The largest absolute Gasteiger partial charge is 0.444 e. The number of guanidine groups is 1. The zero-order chi connectivity index (χ0) is 17.5. The lowest BCUT2D eigenvalue weighted by Gasteiger charge is -2.34. The lowest BCUT2D eigenvalue weighted by atomic mass is 9.98. The molecule has 142 valence electrons. The molecule has 1 aliphatic heterocycles. The van der Waals surface area contributed by atoms with Crippen LogP contribution in [0.15, 0.2) is 4.99 Å². The van der Waals surface area contributed by atoms with Crippen LogP contribution in [-0.4, -0.2) is 55.3 Å². The Morgan fingerprint density at radius 2 is 2.08 bits per heavy atom. The molecule has 1 rings (SSSR count). The molecule has 2 unspecified atom stereocenters. The molecule has 2 atom stereocenters. The van der Waals surface area contributed by atoms with Gasteiger partial charge < -0.3 is 20.3 Å². The number of amides is 1. The van der Waals surface area contributed by atoms with E-state index in [-0.39, 0.29) is 30.1 Å². The molecule has 0 aromatic rings. The van der Waals surface area contributed by atoms with Crippen LogP contribution in [0.5, 0.6) is 0 Å². The third-order valence-corrected chi connectivity index (χ3v) is 3.95. The SMILES string of the molecule is CCC(C)NC(=NC)NCC1CCCN(C(=O)OC(C)(C)C)C1.I. The predicted molar refractivity (Wildman–Crippen MR) is 110 cm³/mol. The Balaban J connectivity index is 0.00000529. The molecule has 0 saturated carbocycles. The van der Waals surface area contributed by atoms with Crippen molar-refractivity contribution in [3.8, 4) is 0 Å². The number of halogens is 1. The van der Waals surface area contributed by atoms with Gasteiger partial charge in [-0.15, -0.1) is 24.0 Å². The Hall–Kier alpha value is -0.730. The summed E-state index contributed by atoms with van der Waals surface area (Å²) in [5.41, 5.74) is -0.440. The quantitative estimate of drug-likeness (QED) is 0.389. The van der Waals surface area contributed by atoms with Gasteiger partial charge in [0.15, 0.2) is 5.96 Å². The molecule has 0 radical (unpaired) electrons. The average Bonchev–Trinajstić information content (AvgIpc) is 2.49. The highest BCUT2D eigenvalue weighted by Gasteiger charge is 2.27. The van der Waals surface area contributed by atoms with Crippen molar-refractivity contribution in [1.29, 1.82) is 0 Å². The number of ether oxygens (including phenoxy) is 1. The summed E-state index contributed by atoms with van der Waals surface area (Å²) >= 11 is 0. The highest BCUT2D eigenvalue weighted by atomic mass is 127. The van der Waals surface area contributed by atoms with Gasteiger partial charge in [-0.05, 0) is 52.9 Å². The minimum absolute atomic E-state index is 0. The van der Waals surface area contributed by atoms with Crippen molar-refractivity contribution in [3.05, 3.63) is 0 Å². The number of nitrogens with zero attached hydrogens (tertiary/aromatic N) is 2. The first kappa shape index (κ1) is 23.3. The van der Waals surface area contributed by atoms with E-state index in [1.807, 2.05) is 25.7 Å². The summed E-state index contributed by atoms with van der Waals surface area (Å²) < 4.78 is 5.47. The summed E-state index contributed by atoms with van der Waals surface area (Å²) in [6, 6.07) is 0.394. The molecule has 1 aliphatic rings. The van der Waals surface area contributed by atoms with Crippen LogP contribution in [0.1, 0.15) is 53.9 Å². The highest BCUT2D eigenvalue weighted by molar-refractivity contribution is 14.0. The fraction of sp³-hybridized carbons (Fsp3) is 0.882. The first-order chi connectivity index (χ1) is 10.7. The fourth-order valence-electron chi connectivity index (χ4n) is 2.50. The van der Waals surface area contributed by atoms with Crippen LogP contribution in [0.3, 0.4) is 0 Å². The van der Waals surface area contributed by atoms with Crippen LogP contribution in [0.4, 0.5) is 4.79 Å². The molecule has 0 spiro atoms. The van der Waals surface area contributed by atoms with Crippen molar-refractivity contribution in [2.45, 2.75) is 65.5 Å². The van der Waals surface area contributed by atoms with Crippen LogP contribution in [0.2, 0.25) is 0 Å². The molecule has 1 fully saturated rings. The molecule has 6 nitrogen and oxygen atoms in total. The van der Waals surface area contributed by atoms with E-state index in [1.54, 1.807) is 7.05 Å². The zero-order valence-electron chi connectivity index (χ0n) is 16.0. The summed E-state index contributed by atoms with van der Waals surface area (Å²) in [6.45, 7) is 12.3. The van der Waals surface area contributed by atoms with Crippen LogP contribution < -0.4 is 10.6 Å². The number of hydrogen-bond donors (Lipinski definition) is 2. The molecule has 0 aromatic heterocycles. The van der Waals surface area contributed by atoms with Crippen molar-refractivity contribution in [2.24, 2.45) is 10.9 Å². The van der Waals surface area contributed by atoms with E-state index in [4.69, 9.17) is 4.74 Å². The monoisotopic (exact) mass is 454 g/mol. The van der Waals surface area contributed by atoms with Crippen molar-refractivity contribution in [1.82, 2.24) is 15.5 Å². The van der Waals surface area contributed by atoms with Gasteiger partial charge in [-0.1, -0.05) is 6.92 Å². The van der Waals surface area contributed by atoms with Gasteiger partial charge in [0.1, 0.15) is 5.60 Å². The molecule has 1 saturated heterocycles. The van der Waals surface area contributed by atoms with E-state index in [9.17, 15) is 4.79 Å². The second kappa shape index (κ2) is 11.0. The number of piperidine rings is 1. The van der Waals surface area contributed by atoms with Gasteiger partial charge in [-0.3, -0.25) is 4.99 Å².